The number of carbonyl (C=O) groups excluding carboxylic acids is 1. The number of carbonyl (C=O) groups is 1. The maximum Gasteiger partial charge on any atom is 0.250 e. The first-order valence-electron chi connectivity index (χ1n) is 7.76. The highest BCUT2D eigenvalue weighted by Gasteiger charge is 2.33. The average Bonchev–Trinajstić information content (AvgIpc) is 3.01. The van der Waals surface area contributed by atoms with Crippen LogP contribution in [0.3, 0.4) is 0 Å². The molecule has 1 aromatic rings. The fourth-order valence-corrected chi connectivity index (χ4v) is 3.83. The van der Waals surface area contributed by atoms with Crippen molar-refractivity contribution in [1.29, 1.82) is 0 Å². The third kappa shape index (κ3) is 3.01. The van der Waals surface area contributed by atoms with Crippen molar-refractivity contribution in [3.05, 3.63) is 28.8 Å². The van der Waals surface area contributed by atoms with Gasteiger partial charge in [-0.25, -0.2) is 0 Å². The molecule has 0 radical (unpaired) electrons. The van der Waals surface area contributed by atoms with Crippen molar-refractivity contribution in [2.24, 2.45) is 5.73 Å². The number of primary amides is 1. The number of piperidine rings is 1. The summed E-state index contributed by atoms with van der Waals surface area (Å²) in [6, 6.07) is 6.29. The highest BCUT2D eigenvalue weighted by atomic mass is 35.5. The van der Waals surface area contributed by atoms with Crippen molar-refractivity contribution >= 4 is 23.2 Å². The molecular weight excluding hydrogens is 286 g/mol. The van der Waals surface area contributed by atoms with Gasteiger partial charge in [0, 0.05) is 23.7 Å². The molecule has 2 saturated heterocycles. The fraction of sp³-hybridized carbons (Fsp3) is 0.562. The van der Waals surface area contributed by atoms with Crippen molar-refractivity contribution in [2.45, 2.75) is 44.2 Å². The lowest BCUT2D eigenvalue weighted by Gasteiger charge is -2.41. The van der Waals surface area contributed by atoms with Crippen LogP contribution in [-0.4, -0.2) is 31.1 Å². The fourth-order valence-electron chi connectivity index (χ4n) is 3.67. The molecule has 2 heterocycles. The highest BCUT2D eigenvalue weighted by molar-refractivity contribution is 6.31. The molecule has 2 aliphatic heterocycles. The highest BCUT2D eigenvalue weighted by Crippen LogP contribution is 2.33. The number of hydrogen-bond donors (Lipinski definition) is 2. The van der Waals surface area contributed by atoms with Gasteiger partial charge in [0.2, 0.25) is 0 Å². The standard InChI is InChI=1S/C16H22ClN3O/c17-11-6-7-12(16(18)21)15(10-11)20-9-2-1-5-14(20)13-4-3-8-19-13/h6-7,10,13-14,19H,1-5,8-9H2,(H2,18,21). The summed E-state index contributed by atoms with van der Waals surface area (Å²) in [5.41, 5.74) is 7.02. The molecule has 2 aliphatic rings. The van der Waals surface area contributed by atoms with Crippen LogP contribution in [0, 0.1) is 0 Å². The van der Waals surface area contributed by atoms with E-state index in [1.165, 1.54) is 19.3 Å². The van der Waals surface area contributed by atoms with Crippen LogP contribution in [0.2, 0.25) is 5.02 Å². The lowest BCUT2D eigenvalue weighted by molar-refractivity contribution is 0.100. The van der Waals surface area contributed by atoms with Crippen molar-refractivity contribution in [3.63, 3.8) is 0 Å². The van der Waals surface area contributed by atoms with Gasteiger partial charge in [-0.15, -0.1) is 0 Å². The summed E-state index contributed by atoms with van der Waals surface area (Å²) < 4.78 is 0. The number of anilines is 1. The predicted molar refractivity (Wildman–Crippen MR) is 86.0 cm³/mol. The molecule has 4 nitrogen and oxygen atoms in total. The lowest BCUT2D eigenvalue weighted by Crippen LogP contribution is -2.50. The van der Waals surface area contributed by atoms with E-state index < -0.39 is 0 Å². The second-order valence-corrected chi connectivity index (χ2v) is 6.42. The summed E-state index contributed by atoms with van der Waals surface area (Å²) in [4.78, 5) is 14.1. The van der Waals surface area contributed by atoms with Crippen molar-refractivity contribution in [1.82, 2.24) is 5.32 Å². The van der Waals surface area contributed by atoms with Gasteiger partial charge < -0.3 is 16.0 Å². The molecular formula is C16H22ClN3O. The molecule has 0 aromatic heterocycles. The summed E-state index contributed by atoms with van der Waals surface area (Å²) in [5, 5.41) is 4.25. The molecule has 114 valence electrons. The second-order valence-electron chi connectivity index (χ2n) is 5.99. The molecule has 0 saturated carbocycles. The van der Waals surface area contributed by atoms with Crippen LogP contribution in [-0.2, 0) is 0 Å². The summed E-state index contributed by atoms with van der Waals surface area (Å²) in [6.45, 7) is 2.05. The van der Waals surface area contributed by atoms with Crippen LogP contribution >= 0.6 is 11.6 Å². The van der Waals surface area contributed by atoms with E-state index in [9.17, 15) is 4.79 Å². The first-order valence-corrected chi connectivity index (χ1v) is 8.14. The van der Waals surface area contributed by atoms with Crippen molar-refractivity contribution < 1.29 is 4.79 Å². The zero-order valence-corrected chi connectivity index (χ0v) is 12.9. The average molecular weight is 308 g/mol. The minimum absolute atomic E-state index is 0.384. The first kappa shape index (κ1) is 14.7. The maximum atomic E-state index is 11.7. The van der Waals surface area contributed by atoms with Crippen LogP contribution in [0.1, 0.15) is 42.5 Å². The minimum Gasteiger partial charge on any atom is -0.366 e. The van der Waals surface area contributed by atoms with E-state index in [-0.39, 0.29) is 5.91 Å². The van der Waals surface area contributed by atoms with Gasteiger partial charge in [0.1, 0.15) is 0 Å². The van der Waals surface area contributed by atoms with E-state index in [1.54, 1.807) is 12.1 Å². The van der Waals surface area contributed by atoms with Crippen molar-refractivity contribution in [2.75, 3.05) is 18.0 Å². The van der Waals surface area contributed by atoms with E-state index in [0.717, 1.165) is 31.6 Å². The van der Waals surface area contributed by atoms with Gasteiger partial charge in [0.25, 0.3) is 5.91 Å². The Kier molecular flexibility index (Phi) is 4.36. The lowest BCUT2D eigenvalue weighted by atomic mass is 9.93. The third-order valence-corrected chi connectivity index (χ3v) is 4.88. The van der Waals surface area contributed by atoms with E-state index in [1.807, 2.05) is 6.07 Å². The monoisotopic (exact) mass is 307 g/mol. The molecule has 2 unspecified atom stereocenters. The third-order valence-electron chi connectivity index (χ3n) is 4.65. The zero-order valence-electron chi connectivity index (χ0n) is 12.1. The van der Waals surface area contributed by atoms with Gasteiger partial charge in [0.05, 0.1) is 11.3 Å². The number of hydrogen-bond acceptors (Lipinski definition) is 3. The van der Waals surface area contributed by atoms with Crippen LogP contribution in [0.15, 0.2) is 18.2 Å². The summed E-state index contributed by atoms with van der Waals surface area (Å²) in [7, 11) is 0. The van der Waals surface area contributed by atoms with Gasteiger partial charge >= 0.3 is 0 Å². The number of nitrogens with one attached hydrogen (secondary N) is 1. The smallest absolute Gasteiger partial charge is 0.250 e. The van der Waals surface area contributed by atoms with Crippen LogP contribution in [0.25, 0.3) is 0 Å². The molecule has 3 rings (SSSR count). The number of benzene rings is 1. The molecule has 5 heteroatoms. The van der Waals surface area contributed by atoms with E-state index in [0.29, 0.717) is 22.7 Å². The Hall–Kier alpha value is -1.26. The normalized spacial score (nSPS) is 26.0. The first-order chi connectivity index (χ1) is 10.2. The molecule has 1 amide bonds. The van der Waals surface area contributed by atoms with Crippen molar-refractivity contribution in [3.8, 4) is 0 Å². The van der Waals surface area contributed by atoms with Gasteiger partial charge in [0.15, 0.2) is 0 Å². The number of rotatable bonds is 3. The number of nitrogens with zero attached hydrogens (tertiary/aromatic N) is 1. The van der Waals surface area contributed by atoms with Gasteiger partial charge in [-0.1, -0.05) is 11.6 Å². The Labute approximate surface area is 130 Å². The molecule has 3 N–H and O–H groups in total. The Morgan fingerprint density at radius 2 is 2.14 bits per heavy atom. The molecule has 0 bridgehead atoms. The largest absolute Gasteiger partial charge is 0.366 e. The van der Waals surface area contributed by atoms with Crippen LogP contribution in [0.5, 0.6) is 0 Å². The van der Waals surface area contributed by atoms with E-state index in [2.05, 4.69) is 10.2 Å². The minimum atomic E-state index is -0.384. The summed E-state index contributed by atoms with van der Waals surface area (Å²) >= 11 is 6.15. The summed E-state index contributed by atoms with van der Waals surface area (Å²) in [5.74, 6) is -0.384. The SMILES string of the molecule is NC(=O)c1ccc(Cl)cc1N1CCCCC1C1CCCN1. The second kappa shape index (κ2) is 6.24. The zero-order chi connectivity index (χ0) is 14.8. The Morgan fingerprint density at radius 3 is 2.86 bits per heavy atom. The predicted octanol–water partition coefficient (Wildman–Crippen LogP) is 2.55. The maximum absolute atomic E-state index is 11.7. The summed E-state index contributed by atoms with van der Waals surface area (Å²) in [6.07, 6.45) is 5.98. The van der Waals surface area contributed by atoms with E-state index in [4.69, 9.17) is 17.3 Å². The molecule has 0 aliphatic carbocycles. The Bertz CT molecular complexity index is 528. The molecule has 1 aromatic carbocycles. The number of amides is 1. The molecule has 0 spiro atoms. The van der Waals surface area contributed by atoms with Gasteiger partial charge in [-0.3, -0.25) is 4.79 Å². The Morgan fingerprint density at radius 1 is 1.29 bits per heavy atom. The Balaban J connectivity index is 1.95. The molecule has 21 heavy (non-hydrogen) atoms. The van der Waals surface area contributed by atoms with Crippen LogP contribution < -0.4 is 16.0 Å². The number of halogens is 1. The van der Waals surface area contributed by atoms with E-state index >= 15 is 0 Å². The quantitative estimate of drug-likeness (QED) is 0.902. The van der Waals surface area contributed by atoms with Gasteiger partial charge in [-0.2, -0.15) is 0 Å². The van der Waals surface area contributed by atoms with Gasteiger partial charge in [-0.05, 0) is 56.8 Å². The number of nitrogens with two attached hydrogens (primary N) is 1. The van der Waals surface area contributed by atoms with Crippen LogP contribution in [0.4, 0.5) is 5.69 Å². The molecule has 2 fully saturated rings. The topological polar surface area (TPSA) is 58.4 Å². The molecule has 2 atom stereocenters.